The molecule has 21 heavy (non-hydrogen) atoms. The Morgan fingerprint density at radius 2 is 2.05 bits per heavy atom. The molecule has 1 aliphatic rings. The molecular weight excluding hydrogens is 309 g/mol. The largest absolute Gasteiger partial charge is 0.486 e. The molecule has 112 valence electrons. The van der Waals surface area contributed by atoms with E-state index in [4.69, 9.17) is 32.4 Å². The van der Waals surface area contributed by atoms with E-state index in [9.17, 15) is 0 Å². The van der Waals surface area contributed by atoms with Gasteiger partial charge in [0.2, 0.25) is 0 Å². The monoisotopic (exact) mass is 325 g/mol. The number of rotatable bonds is 6. The van der Waals surface area contributed by atoms with Crippen LogP contribution in [0.3, 0.4) is 0 Å². The van der Waals surface area contributed by atoms with E-state index in [-0.39, 0.29) is 0 Å². The van der Waals surface area contributed by atoms with Gasteiger partial charge in [0.05, 0.1) is 10.0 Å². The van der Waals surface area contributed by atoms with Crippen molar-refractivity contribution in [2.45, 2.75) is 39.0 Å². The molecule has 3 rings (SSSR count). The number of aryl methyl sites for hydroxylation is 1. The molecule has 0 bridgehead atoms. The topological polar surface area (TPSA) is 34.4 Å². The van der Waals surface area contributed by atoms with Gasteiger partial charge in [-0.3, -0.25) is 0 Å². The highest BCUT2D eigenvalue weighted by molar-refractivity contribution is 6.42. The van der Waals surface area contributed by atoms with Crippen LogP contribution in [0.25, 0.3) is 0 Å². The number of hydrogen-bond donors (Lipinski definition) is 1. The van der Waals surface area contributed by atoms with Crippen LogP contribution in [0.15, 0.2) is 28.7 Å². The molecule has 1 saturated carbocycles. The maximum Gasteiger partial charge on any atom is 0.146 e. The van der Waals surface area contributed by atoms with Gasteiger partial charge in [0, 0.05) is 24.2 Å². The second kappa shape index (κ2) is 6.30. The van der Waals surface area contributed by atoms with Crippen molar-refractivity contribution in [2.75, 3.05) is 0 Å². The zero-order valence-electron chi connectivity index (χ0n) is 11.8. The van der Waals surface area contributed by atoms with Gasteiger partial charge < -0.3 is 14.5 Å². The van der Waals surface area contributed by atoms with Crippen molar-refractivity contribution in [3.8, 4) is 5.75 Å². The van der Waals surface area contributed by atoms with E-state index in [1.165, 1.54) is 18.4 Å². The Hall–Kier alpha value is -1.16. The highest BCUT2D eigenvalue weighted by Crippen LogP contribution is 2.27. The fraction of sp³-hybridized carbons (Fsp3) is 0.375. The van der Waals surface area contributed by atoms with Gasteiger partial charge in [0.25, 0.3) is 0 Å². The van der Waals surface area contributed by atoms with Gasteiger partial charge in [0.1, 0.15) is 23.9 Å². The van der Waals surface area contributed by atoms with Gasteiger partial charge >= 0.3 is 0 Å². The van der Waals surface area contributed by atoms with Crippen molar-refractivity contribution in [2.24, 2.45) is 0 Å². The average molecular weight is 326 g/mol. The van der Waals surface area contributed by atoms with Gasteiger partial charge in [-0.15, -0.1) is 0 Å². The van der Waals surface area contributed by atoms with Crippen molar-refractivity contribution in [1.82, 2.24) is 5.32 Å². The van der Waals surface area contributed by atoms with E-state index >= 15 is 0 Å². The summed E-state index contributed by atoms with van der Waals surface area (Å²) in [5.74, 6) is 2.43. The minimum absolute atomic E-state index is 0.377. The summed E-state index contributed by atoms with van der Waals surface area (Å²) in [6.45, 7) is 3.21. The van der Waals surface area contributed by atoms with E-state index in [2.05, 4.69) is 5.32 Å². The lowest BCUT2D eigenvalue weighted by Gasteiger charge is -2.05. The van der Waals surface area contributed by atoms with Crippen LogP contribution in [0, 0.1) is 6.92 Å². The van der Waals surface area contributed by atoms with E-state index in [1.54, 1.807) is 18.2 Å². The molecule has 2 aromatic rings. The second-order valence-corrected chi connectivity index (χ2v) is 6.13. The Labute approximate surface area is 134 Å². The molecule has 0 unspecified atom stereocenters. The molecule has 1 heterocycles. The highest BCUT2D eigenvalue weighted by atomic mass is 35.5. The minimum atomic E-state index is 0.377. The first-order valence-corrected chi connectivity index (χ1v) is 7.77. The normalized spacial score (nSPS) is 14.4. The lowest BCUT2D eigenvalue weighted by molar-refractivity contribution is 0.267. The molecule has 0 spiro atoms. The van der Waals surface area contributed by atoms with Crippen LogP contribution in [-0.4, -0.2) is 6.04 Å². The number of hydrogen-bond acceptors (Lipinski definition) is 3. The fourth-order valence-electron chi connectivity index (χ4n) is 2.10. The first kappa shape index (κ1) is 14.8. The van der Waals surface area contributed by atoms with Crippen LogP contribution in [-0.2, 0) is 13.2 Å². The molecule has 0 radical (unpaired) electrons. The first-order chi connectivity index (χ1) is 10.1. The van der Waals surface area contributed by atoms with Crippen LogP contribution in [0.5, 0.6) is 5.75 Å². The van der Waals surface area contributed by atoms with Crippen LogP contribution in [0.4, 0.5) is 0 Å². The zero-order chi connectivity index (χ0) is 14.8. The molecular formula is C16H17Cl2NO2. The van der Waals surface area contributed by atoms with Crippen molar-refractivity contribution in [1.29, 1.82) is 0 Å². The van der Waals surface area contributed by atoms with Crippen molar-refractivity contribution < 1.29 is 9.15 Å². The third-order valence-electron chi connectivity index (χ3n) is 3.50. The second-order valence-electron chi connectivity index (χ2n) is 5.31. The van der Waals surface area contributed by atoms with Crippen LogP contribution >= 0.6 is 23.2 Å². The molecule has 0 amide bonds. The predicted molar refractivity (Wildman–Crippen MR) is 84.1 cm³/mol. The zero-order valence-corrected chi connectivity index (χ0v) is 13.3. The van der Waals surface area contributed by atoms with Gasteiger partial charge in [-0.05, 0) is 38.0 Å². The smallest absolute Gasteiger partial charge is 0.146 e. The summed E-state index contributed by atoms with van der Waals surface area (Å²) >= 11 is 11.8. The lowest BCUT2D eigenvalue weighted by atomic mass is 10.2. The molecule has 0 saturated heterocycles. The molecule has 3 nitrogen and oxygen atoms in total. The van der Waals surface area contributed by atoms with Gasteiger partial charge in [-0.1, -0.05) is 23.2 Å². The van der Waals surface area contributed by atoms with E-state index in [0.29, 0.717) is 28.4 Å². The van der Waals surface area contributed by atoms with E-state index in [1.807, 2.05) is 13.0 Å². The number of furan rings is 1. The lowest BCUT2D eigenvalue weighted by Crippen LogP contribution is -2.15. The molecule has 0 atom stereocenters. The Morgan fingerprint density at radius 3 is 2.76 bits per heavy atom. The SMILES string of the molecule is Cc1oc(COc2ccc(Cl)c(Cl)c2)cc1CNC1CC1. The van der Waals surface area contributed by atoms with Gasteiger partial charge in [-0.25, -0.2) is 0 Å². The predicted octanol–water partition coefficient (Wildman–Crippen LogP) is 4.73. The van der Waals surface area contributed by atoms with E-state index < -0.39 is 0 Å². The molecule has 1 fully saturated rings. The molecule has 5 heteroatoms. The van der Waals surface area contributed by atoms with Crippen LogP contribution in [0.1, 0.15) is 29.9 Å². The highest BCUT2D eigenvalue weighted by Gasteiger charge is 2.21. The Balaban J connectivity index is 1.59. The maximum absolute atomic E-state index is 5.96. The maximum atomic E-state index is 5.96. The Morgan fingerprint density at radius 1 is 1.24 bits per heavy atom. The molecule has 1 N–H and O–H groups in total. The fourth-order valence-corrected chi connectivity index (χ4v) is 2.39. The molecule has 0 aliphatic heterocycles. The quantitative estimate of drug-likeness (QED) is 0.834. The summed E-state index contributed by atoms with van der Waals surface area (Å²) in [4.78, 5) is 0. The van der Waals surface area contributed by atoms with Crippen molar-refractivity contribution in [3.63, 3.8) is 0 Å². The first-order valence-electron chi connectivity index (χ1n) is 7.01. The summed E-state index contributed by atoms with van der Waals surface area (Å²) in [6, 6.07) is 7.95. The van der Waals surface area contributed by atoms with Crippen molar-refractivity contribution in [3.05, 3.63) is 51.4 Å². The van der Waals surface area contributed by atoms with Gasteiger partial charge in [-0.2, -0.15) is 0 Å². The number of halogens is 2. The average Bonchev–Trinajstić information content (AvgIpc) is 3.22. The van der Waals surface area contributed by atoms with E-state index in [0.717, 1.165) is 18.1 Å². The van der Waals surface area contributed by atoms with Crippen LogP contribution in [0.2, 0.25) is 10.0 Å². The third kappa shape index (κ3) is 3.94. The minimum Gasteiger partial charge on any atom is -0.486 e. The summed E-state index contributed by atoms with van der Waals surface area (Å²) in [6.07, 6.45) is 2.56. The summed E-state index contributed by atoms with van der Waals surface area (Å²) in [7, 11) is 0. The molecule has 1 aromatic heterocycles. The summed E-state index contributed by atoms with van der Waals surface area (Å²) in [5.41, 5.74) is 1.19. The third-order valence-corrected chi connectivity index (χ3v) is 4.24. The molecule has 1 aliphatic carbocycles. The number of ether oxygens (including phenoxy) is 1. The standard InChI is InChI=1S/C16H17Cl2NO2/c1-10-11(8-19-12-2-3-12)6-14(21-10)9-20-13-4-5-15(17)16(18)7-13/h4-7,12,19H,2-3,8-9H2,1H3. The van der Waals surface area contributed by atoms with Crippen molar-refractivity contribution >= 4 is 23.2 Å². The summed E-state index contributed by atoms with van der Waals surface area (Å²) in [5, 5.41) is 4.49. The van der Waals surface area contributed by atoms with Gasteiger partial charge in [0.15, 0.2) is 0 Å². The molecule has 1 aromatic carbocycles. The number of benzene rings is 1. The Bertz CT molecular complexity index is 635. The van der Waals surface area contributed by atoms with Crippen LogP contribution < -0.4 is 10.1 Å². The summed E-state index contributed by atoms with van der Waals surface area (Å²) < 4.78 is 11.4. The number of nitrogens with one attached hydrogen (secondary N) is 1. The Kier molecular flexibility index (Phi) is 4.43.